The molecule has 2 unspecified atom stereocenters. The number of ether oxygens (including phenoxy) is 1. The summed E-state index contributed by atoms with van der Waals surface area (Å²) in [6, 6.07) is 7.17. The lowest BCUT2D eigenvalue weighted by molar-refractivity contribution is -0.386. The monoisotopic (exact) mass is 376 g/mol. The number of aromatic hydroxyl groups is 2. The van der Waals surface area contributed by atoms with E-state index in [2.05, 4.69) is 5.32 Å². The molecule has 142 valence electrons. The maximum Gasteiger partial charge on any atom is 0.408 e. The zero-order valence-corrected chi connectivity index (χ0v) is 14.0. The molecule has 1 amide bonds. The molecule has 0 aromatic heterocycles. The number of nitro groups is 1. The number of hydrogen-bond donors (Lipinski definition) is 4. The Morgan fingerprint density at radius 3 is 2.30 bits per heavy atom. The van der Waals surface area contributed by atoms with Gasteiger partial charge in [-0.05, 0) is 30.7 Å². The Morgan fingerprint density at radius 1 is 1.15 bits per heavy atom. The molecule has 0 radical (unpaired) electrons. The van der Waals surface area contributed by atoms with Crippen LogP contribution in [0.25, 0.3) is 0 Å². The first kappa shape index (κ1) is 19.5. The van der Waals surface area contributed by atoms with E-state index >= 15 is 0 Å². The topological polar surface area (TPSA) is 159 Å². The highest BCUT2D eigenvalue weighted by atomic mass is 16.6. The number of phenolic OH excluding ortho intramolecular Hbond substituents is 2. The minimum Gasteiger partial charge on any atom is -0.508 e. The molecule has 0 fully saturated rings. The second-order valence-corrected chi connectivity index (χ2v) is 5.56. The molecular formula is C17H16N2O8. The average Bonchev–Trinajstić information content (AvgIpc) is 2.58. The standard InChI is InChI=1S/C17H16N2O8/c1-9(13-4-2-3-5-14(13)19(25)26)27-17(24)18-15(16(22)23)10-6-11(20)8-12(21)7-10/h2-9,15,20-21H,1H3,(H,18,24)(H,22,23). The summed E-state index contributed by atoms with van der Waals surface area (Å²) < 4.78 is 5.05. The summed E-state index contributed by atoms with van der Waals surface area (Å²) in [7, 11) is 0. The van der Waals surface area contributed by atoms with Crippen molar-refractivity contribution in [1.82, 2.24) is 5.32 Å². The van der Waals surface area contributed by atoms with Crippen molar-refractivity contribution < 1.29 is 34.6 Å². The van der Waals surface area contributed by atoms with Gasteiger partial charge in [-0.15, -0.1) is 0 Å². The Bertz CT molecular complexity index is 863. The van der Waals surface area contributed by atoms with Crippen LogP contribution in [0.3, 0.4) is 0 Å². The maximum atomic E-state index is 12.1. The van der Waals surface area contributed by atoms with Crippen LogP contribution in [0.15, 0.2) is 42.5 Å². The van der Waals surface area contributed by atoms with Crippen LogP contribution in [0, 0.1) is 10.1 Å². The van der Waals surface area contributed by atoms with E-state index in [-0.39, 0.29) is 28.3 Å². The minimum atomic E-state index is -1.62. The molecule has 2 rings (SSSR count). The normalized spacial score (nSPS) is 12.6. The molecule has 0 aliphatic rings. The van der Waals surface area contributed by atoms with Crippen LogP contribution in [0.5, 0.6) is 11.5 Å². The SMILES string of the molecule is CC(OC(=O)NC(C(=O)O)c1cc(O)cc(O)c1)c1ccccc1[N+](=O)[O-]. The van der Waals surface area contributed by atoms with E-state index in [4.69, 9.17) is 4.74 Å². The Balaban J connectivity index is 2.17. The van der Waals surface area contributed by atoms with Crippen molar-refractivity contribution in [3.63, 3.8) is 0 Å². The molecule has 2 aromatic carbocycles. The highest BCUT2D eigenvalue weighted by Crippen LogP contribution is 2.28. The van der Waals surface area contributed by atoms with Gasteiger partial charge in [0.2, 0.25) is 0 Å². The smallest absolute Gasteiger partial charge is 0.408 e. The van der Waals surface area contributed by atoms with Gasteiger partial charge < -0.3 is 25.4 Å². The van der Waals surface area contributed by atoms with Crippen LogP contribution in [0.4, 0.5) is 10.5 Å². The lowest BCUT2D eigenvalue weighted by atomic mass is 10.1. The van der Waals surface area contributed by atoms with Crippen molar-refractivity contribution in [3.05, 3.63) is 63.7 Å². The fourth-order valence-corrected chi connectivity index (χ4v) is 2.45. The predicted molar refractivity (Wildman–Crippen MR) is 91.3 cm³/mol. The number of carboxylic acids is 1. The number of nitrogens with zero attached hydrogens (tertiary/aromatic N) is 1. The van der Waals surface area contributed by atoms with Crippen LogP contribution in [-0.2, 0) is 9.53 Å². The molecule has 2 atom stereocenters. The zero-order chi connectivity index (χ0) is 20.1. The van der Waals surface area contributed by atoms with E-state index in [9.17, 15) is 35.0 Å². The Morgan fingerprint density at radius 2 is 1.74 bits per heavy atom. The van der Waals surface area contributed by atoms with Gasteiger partial charge >= 0.3 is 12.1 Å². The lowest BCUT2D eigenvalue weighted by Gasteiger charge is -2.18. The molecule has 0 heterocycles. The molecular weight excluding hydrogens is 360 g/mol. The van der Waals surface area contributed by atoms with Gasteiger partial charge in [0.25, 0.3) is 5.69 Å². The van der Waals surface area contributed by atoms with E-state index in [0.717, 1.165) is 18.2 Å². The third-order valence-corrected chi connectivity index (χ3v) is 3.62. The number of nitrogens with one attached hydrogen (secondary N) is 1. The summed E-state index contributed by atoms with van der Waals surface area (Å²) in [4.78, 5) is 33.9. The second-order valence-electron chi connectivity index (χ2n) is 5.56. The molecule has 0 spiro atoms. The molecule has 4 N–H and O–H groups in total. The molecule has 0 aliphatic carbocycles. The number of aliphatic carboxylic acids is 1. The third kappa shape index (κ3) is 4.84. The van der Waals surface area contributed by atoms with Crippen molar-refractivity contribution in [2.24, 2.45) is 0 Å². The van der Waals surface area contributed by atoms with Gasteiger partial charge in [-0.1, -0.05) is 12.1 Å². The first-order valence-corrected chi connectivity index (χ1v) is 7.65. The number of benzene rings is 2. The fraction of sp³-hybridized carbons (Fsp3) is 0.176. The number of carbonyl (C=O) groups is 2. The van der Waals surface area contributed by atoms with Crippen LogP contribution in [0.1, 0.15) is 30.2 Å². The van der Waals surface area contributed by atoms with Crippen molar-refractivity contribution in [2.45, 2.75) is 19.1 Å². The van der Waals surface area contributed by atoms with Gasteiger partial charge in [-0.3, -0.25) is 10.1 Å². The van der Waals surface area contributed by atoms with Crippen LogP contribution in [0.2, 0.25) is 0 Å². The van der Waals surface area contributed by atoms with Crippen molar-refractivity contribution in [2.75, 3.05) is 0 Å². The van der Waals surface area contributed by atoms with Gasteiger partial charge in [0.15, 0.2) is 6.04 Å². The quantitative estimate of drug-likeness (QED) is 0.442. The minimum absolute atomic E-state index is 0.0877. The molecule has 0 saturated heterocycles. The van der Waals surface area contributed by atoms with E-state index < -0.39 is 29.1 Å². The van der Waals surface area contributed by atoms with Crippen LogP contribution >= 0.6 is 0 Å². The van der Waals surface area contributed by atoms with Gasteiger partial charge in [0, 0.05) is 12.1 Å². The van der Waals surface area contributed by atoms with Gasteiger partial charge in [-0.2, -0.15) is 0 Å². The number of nitro benzene ring substituents is 1. The summed E-state index contributed by atoms with van der Waals surface area (Å²) in [5, 5.41) is 41.4. The fourth-order valence-electron chi connectivity index (χ4n) is 2.45. The number of carbonyl (C=O) groups excluding carboxylic acids is 1. The summed E-state index contributed by atoms with van der Waals surface area (Å²) >= 11 is 0. The molecule has 27 heavy (non-hydrogen) atoms. The lowest BCUT2D eigenvalue weighted by Crippen LogP contribution is -2.34. The largest absolute Gasteiger partial charge is 0.508 e. The highest BCUT2D eigenvalue weighted by molar-refractivity contribution is 5.81. The summed E-state index contributed by atoms with van der Waals surface area (Å²) in [6.07, 6.45) is -2.17. The number of rotatable bonds is 6. The van der Waals surface area contributed by atoms with E-state index in [1.165, 1.54) is 31.2 Å². The van der Waals surface area contributed by atoms with Crippen molar-refractivity contribution in [1.29, 1.82) is 0 Å². The van der Waals surface area contributed by atoms with Crippen molar-refractivity contribution >= 4 is 17.7 Å². The Hall–Kier alpha value is -3.82. The number of alkyl carbamates (subject to hydrolysis) is 1. The molecule has 0 saturated carbocycles. The number of carboxylic acid groups (broad SMARTS) is 1. The summed E-state index contributed by atoms with van der Waals surface area (Å²) in [5.41, 5.74) is -0.194. The Kier molecular flexibility index (Phi) is 5.81. The van der Waals surface area contributed by atoms with Gasteiger partial charge in [0.05, 0.1) is 10.5 Å². The third-order valence-electron chi connectivity index (χ3n) is 3.62. The number of amides is 1. The molecule has 10 nitrogen and oxygen atoms in total. The molecule has 0 bridgehead atoms. The van der Waals surface area contributed by atoms with Gasteiger partial charge in [-0.25, -0.2) is 9.59 Å². The number of phenols is 2. The predicted octanol–water partition coefficient (Wildman–Crippen LogP) is 2.62. The first-order chi connectivity index (χ1) is 12.7. The number of para-hydroxylation sites is 1. The maximum absolute atomic E-state index is 12.1. The van der Waals surface area contributed by atoms with Gasteiger partial charge in [0.1, 0.15) is 17.6 Å². The van der Waals surface area contributed by atoms with Crippen molar-refractivity contribution in [3.8, 4) is 11.5 Å². The first-order valence-electron chi connectivity index (χ1n) is 7.65. The van der Waals surface area contributed by atoms with E-state index in [0.29, 0.717) is 0 Å². The average molecular weight is 376 g/mol. The number of hydrogen-bond acceptors (Lipinski definition) is 7. The van der Waals surface area contributed by atoms with Crippen LogP contribution < -0.4 is 5.32 Å². The van der Waals surface area contributed by atoms with E-state index in [1.54, 1.807) is 0 Å². The summed E-state index contributed by atoms with van der Waals surface area (Å²) in [6.45, 7) is 1.40. The zero-order valence-electron chi connectivity index (χ0n) is 14.0. The molecule has 10 heteroatoms. The molecule has 0 aliphatic heterocycles. The summed E-state index contributed by atoms with van der Waals surface area (Å²) in [5.74, 6) is -2.24. The highest BCUT2D eigenvalue weighted by Gasteiger charge is 2.26. The van der Waals surface area contributed by atoms with Crippen LogP contribution in [-0.4, -0.2) is 32.3 Å². The van der Waals surface area contributed by atoms with E-state index in [1.807, 2.05) is 0 Å². The second kappa shape index (κ2) is 8.04. The Labute approximate surface area is 152 Å². The molecule has 2 aromatic rings.